The SMILES string of the molecule is COC(=O)C1CCCN(C(=O)c2cc(=O)[nH]c(CSC)n2)C1. The minimum Gasteiger partial charge on any atom is -0.469 e. The lowest BCUT2D eigenvalue weighted by atomic mass is 9.98. The summed E-state index contributed by atoms with van der Waals surface area (Å²) in [6.07, 6.45) is 3.32. The molecule has 7 nitrogen and oxygen atoms in total. The maximum absolute atomic E-state index is 12.5. The molecule has 0 aliphatic carbocycles. The summed E-state index contributed by atoms with van der Waals surface area (Å²) in [7, 11) is 1.34. The minimum atomic E-state index is -0.344. The predicted molar refractivity (Wildman–Crippen MR) is 82.7 cm³/mol. The topological polar surface area (TPSA) is 92.4 Å². The van der Waals surface area contributed by atoms with Crippen LogP contribution in [0.4, 0.5) is 0 Å². The quantitative estimate of drug-likeness (QED) is 0.818. The van der Waals surface area contributed by atoms with Gasteiger partial charge in [-0.1, -0.05) is 0 Å². The number of likely N-dealkylation sites (tertiary alicyclic amines) is 1. The molecule has 8 heteroatoms. The molecule has 2 heterocycles. The Morgan fingerprint density at radius 2 is 2.32 bits per heavy atom. The second-order valence-electron chi connectivity index (χ2n) is 5.12. The number of esters is 1. The number of aromatic nitrogens is 2. The molecule has 1 unspecified atom stereocenters. The van der Waals surface area contributed by atoms with Crippen molar-refractivity contribution in [3.63, 3.8) is 0 Å². The van der Waals surface area contributed by atoms with Gasteiger partial charge in [-0.2, -0.15) is 11.8 Å². The lowest BCUT2D eigenvalue weighted by Crippen LogP contribution is -2.43. The summed E-state index contributed by atoms with van der Waals surface area (Å²) >= 11 is 1.51. The fourth-order valence-corrected chi connectivity index (χ4v) is 2.92. The number of H-pyrrole nitrogens is 1. The minimum absolute atomic E-state index is 0.123. The standard InChI is InChI=1S/C14H19N3O4S/c1-21-14(20)9-4-3-5-17(7-9)13(19)10-6-12(18)16-11(15-10)8-22-2/h6,9H,3-5,7-8H2,1-2H3,(H,15,16,18). The van der Waals surface area contributed by atoms with Crippen LogP contribution in [-0.4, -0.2) is 53.2 Å². The Bertz CT molecular complexity index is 616. The van der Waals surface area contributed by atoms with Crippen molar-refractivity contribution in [3.05, 3.63) is 27.9 Å². The normalized spacial score (nSPS) is 18.1. The van der Waals surface area contributed by atoms with Gasteiger partial charge in [0.2, 0.25) is 0 Å². The van der Waals surface area contributed by atoms with E-state index in [9.17, 15) is 14.4 Å². The molecule has 1 aliphatic heterocycles. The van der Waals surface area contributed by atoms with Crippen molar-refractivity contribution in [2.45, 2.75) is 18.6 Å². The van der Waals surface area contributed by atoms with Crippen LogP contribution in [0, 0.1) is 5.92 Å². The first-order chi connectivity index (χ1) is 10.5. The van der Waals surface area contributed by atoms with E-state index in [1.54, 1.807) is 4.90 Å². The number of hydrogen-bond donors (Lipinski definition) is 1. The van der Waals surface area contributed by atoms with Crippen molar-refractivity contribution < 1.29 is 14.3 Å². The molecule has 1 N–H and O–H groups in total. The van der Waals surface area contributed by atoms with Crippen LogP contribution >= 0.6 is 11.8 Å². The van der Waals surface area contributed by atoms with Gasteiger partial charge in [-0.3, -0.25) is 14.4 Å². The van der Waals surface area contributed by atoms with E-state index in [2.05, 4.69) is 9.97 Å². The van der Waals surface area contributed by atoms with Crippen molar-refractivity contribution in [1.29, 1.82) is 0 Å². The fourth-order valence-electron chi connectivity index (χ4n) is 2.51. The number of amides is 1. The summed E-state index contributed by atoms with van der Waals surface area (Å²) in [4.78, 5) is 44.2. The molecule has 0 bridgehead atoms. The lowest BCUT2D eigenvalue weighted by Gasteiger charge is -2.31. The number of ether oxygens (including phenoxy) is 1. The molecule has 22 heavy (non-hydrogen) atoms. The van der Waals surface area contributed by atoms with E-state index in [4.69, 9.17) is 4.74 Å². The summed E-state index contributed by atoms with van der Waals surface area (Å²) in [6.45, 7) is 0.858. The molecule has 2 rings (SSSR count). The van der Waals surface area contributed by atoms with Gasteiger partial charge < -0.3 is 14.6 Å². The molecular formula is C14H19N3O4S. The first-order valence-corrected chi connectivity index (χ1v) is 8.40. The maximum Gasteiger partial charge on any atom is 0.310 e. The van der Waals surface area contributed by atoms with Crippen LogP contribution in [0.2, 0.25) is 0 Å². The largest absolute Gasteiger partial charge is 0.469 e. The molecular weight excluding hydrogens is 306 g/mol. The molecule has 1 aromatic rings. The van der Waals surface area contributed by atoms with E-state index in [0.717, 1.165) is 6.42 Å². The van der Waals surface area contributed by atoms with E-state index in [0.29, 0.717) is 31.1 Å². The monoisotopic (exact) mass is 325 g/mol. The van der Waals surface area contributed by atoms with Crippen molar-refractivity contribution in [2.75, 3.05) is 26.5 Å². The molecule has 0 spiro atoms. The van der Waals surface area contributed by atoms with Crippen LogP contribution in [0.1, 0.15) is 29.2 Å². The second kappa shape index (κ2) is 7.44. The summed E-state index contributed by atoms with van der Waals surface area (Å²) in [6, 6.07) is 1.20. The smallest absolute Gasteiger partial charge is 0.310 e. The molecule has 1 amide bonds. The summed E-state index contributed by atoms with van der Waals surface area (Å²) < 4.78 is 4.74. The van der Waals surface area contributed by atoms with Gasteiger partial charge in [-0.15, -0.1) is 0 Å². The van der Waals surface area contributed by atoms with E-state index in [1.807, 2.05) is 6.26 Å². The van der Waals surface area contributed by atoms with E-state index < -0.39 is 0 Å². The van der Waals surface area contributed by atoms with E-state index in [-0.39, 0.29) is 29.0 Å². The highest BCUT2D eigenvalue weighted by atomic mass is 32.2. The Balaban J connectivity index is 2.17. The molecule has 1 atom stereocenters. The molecule has 1 aliphatic rings. The number of thioether (sulfide) groups is 1. The van der Waals surface area contributed by atoms with Gasteiger partial charge in [-0.25, -0.2) is 4.98 Å². The first-order valence-electron chi connectivity index (χ1n) is 7.01. The van der Waals surface area contributed by atoms with Crippen molar-refractivity contribution in [3.8, 4) is 0 Å². The Morgan fingerprint density at radius 3 is 3.00 bits per heavy atom. The highest BCUT2D eigenvalue weighted by Crippen LogP contribution is 2.19. The van der Waals surface area contributed by atoms with Crippen LogP contribution in [0.5, 0.6) is 0 Å². The number of aromatic amines is 1. The molecule has 1 fully saturated rings. The van der Waals surface area contributed by atoms with Crippen molar-refractivity contribution >= 4 is 23.6 Å². The number of carbonyl (C=O) groups excluding carboxylic acids is 2. The molecule has 0 aromatic carbocycles. The molecule has 1 aromatic heterocycles. The number of carbonyl (C=O) groups is 2. The van der Waals surface area contributed by atoms with Crippen LogP contribution in [-0.2, 0) is 15.3 Å². The second-order valence-corrected chi connectivity index (χ2v) is 5.99. The Morgan fingerprint density at radius 1 is 1.55 bits per heavy atom. The fraction of sp³-hybridized carbons (Fsp3) is 0.571. The number of nitrogens with zero attached hydrogens (tertiary/aromatic N) is 2. The summed E-state index contributed by atoms with van der Waals surface area (Å²) in [5, 5.41) is 0. The Labute approximate surface area is 132 Å². The Kier molecular flexibility index (Phi) is 5.59. The first kappa shape index (κ1) is 16.5. The van der Waals surface area contributed by atoms with Gasteiger partial charge in [0.05, 0.1) is 18.8 Å². The number of hydrogen-bond acceptors (Lipinski definition) is 6. The van der Waals surface area contributed by atoms with Crippen molar-refractivity contribution in [1.82, 2.24) is 14.9 Å². The van der Waals surface area contributed by atoms with Crippen LogP contribution in [0.15, 0.2) is 10.9 Å². The Hall–Kier alpha value is -1.83. The highest BCUT2D eigenvalue weighted by Gasteiger charge is 2.30. The van der Waals surface area contributed by atoms with E-state index >= 15 is 0 Å². The van der Waals surface area contributed by atoms with Gasteiger partial charge in [-0.05, 0) is 19.1 Å². The van der Waals surface area contributed by atoms with Gasteiger partial charge in [0.15, 0.2) is 0 Å². The average Bonchev–Trinajstić information content (AvgIpc) is 2.53. The number of piperidine rings is 1. The van der Waals surface area contributed by atoms with Gasteiger partial charge in [0.25, 0.3) is 11.5 Å². The van der Waals surface area contributed by atoms with E-state index in [1.165, 1.54) is 24.9 Å². The third kappa shape index (κ3) is 3.88. The van der Waals surface area contributed by atoms with Crippen LogP contribution in [0.3, 0.4) is 0 Å². The highest BCUT2D eigenvalue weighted by molar-refractivity contribution is 7.97. The maximum atomic E-state index is 12.5. The summed E-state index contributed by atoms with van der Waals surface area (Å²) in [5.41, 5.74) is -0.220. The van der Waals surface area contributed by atoms with Gasteiger partial charge >= 0.3 is 5.97 Å². The molecule has 120 valence electrons. The van der Waals surface area contributed by atoms with Gasteiger partial charge in [0.1, 0.15) is 11.5 Å². The number of rotatable bonds is 4. The lowest BCUT2D eigenvalue weighted by molar-refractivity contribution is -0.146. The van der Waals surface area contributed by atoms with Crippen LogP contribution < -0.4 is 5.56 Å². The molecule has 1 saturated heterocycles. The third-order valence-electron chi connectivity index (χ3n) is 3.53. The number of methoxy groups -OCH3 is 1. The van der Waals surface area contributed by atoms with Crippen molar-refractivity contribution in [2.24, 2.45) is 5.92 Å². The zero-order valence-corrected chi connectivity index (χ0v) is 13.4. The van der Waals surface area contributed by atoms with Crippen LogP contribution in [0.25, 0.3) is 0 Å². The molecule has 0 saturated carbocycles. The van der Waals surface area contributed by atoms with Gasteiger partial charge in [0, 0.05) is 19.2 Å². The predicted octanol–water partition coefficient (Wildman–Crippen LogP) is 0.658. The third-order valence-corrected chi connectivity index (χ3v) is 4.10. The zero-order valence-electron chi connectivity index (χ0n) is 12.6. The average molecular weight is 325 g/mol. The zero-order chi connectivity index (χ0) is 16.1. The number of nitrogens with one attached hydrogen (secondary N) is 1. The molecule has 0 radical (unpaired) electrons. The summed E-state index contributed by atoms with van der Waals surface area (Å²) in [5.74, 6) is 0.0722.